The third kappa shape index (κ3) is 3.49. The highest BCUT2D eigenvalue weighted by molar-refractivity contribution is 5.93. The first-order valence-electron chi connectivity index (χ1n) is 6.09. The van der Waals surface area contributed by atoms with Crippen LogP contribution in [0.15, 0.2) is 12.3 Å². The van der Waals surface area contributed by atoms with Crippen LogP contribution < -0.4 is 11.1 Å². The molecule has 1 amide bonds. The van der Waals surface area contributed by atoms with Gasteiger partial charge >= 0.3 is 0 Å². The van der Waals surface area contributed by atoms with Gasteiger partial charge in [0, 0.05) is 25.0 Å². The van der Waals surface area contributed by atoms with E-state index in [9.17, 15) is 4.79 Å². The Kier molecular flexibility index (Phi) is 4.03. The number of amides is 1. The molecule has 1 unspecified atom stereocenters. The Bertz CT molecular complexity index is 370. The van der Waals surface area contributed by atoms with Crippen LogP contribution in [0.25, 0.3) is 0 Å². The third-order valence-corrected chi connectivity index (χ3v) is 2.98. The molecule has 2 rings (SSSR count). The van der Waals surface area contributed by atoms with Gasteiger partial charge in [-0.15, -0.1) is 0 Å². The summed E-state index contributed by atoms with van der Waals surface area (Å²) in [6.07, 6.45) is 6.28. The normalized spacial score (nSPS) is 20.1. The summed E-state index contributed by atoms with van der Waals surface area (Å²) in [4.78, 5) is 14.5. The Morgan fingerprint density at radius 2 is 2.47 bits per heavy atom. The molecule has 1 aromatic rings. The molecule has 1 aliphatic rings. The molecule has 5 heteroatoms. The molecule has 0 spiro atoms. The fourth-order valence-electron chi connectivity index (χ4n) is 2.02. The summed E-state index contributed by atoms with van der Waals surface area (Å²) in [7, 11) is 0. The van der Waals surface area contributed by atoms with Crippen molar-refractivity contribution in [1.82, 2.24) is 10.3 Å². The molecule has 0 aromatic carbocycles. The molecule has 0 aliphatic carbocycles. The standard InChI is InChI=1S/C12H19N3O2/c13-9-7-11(15-8-9)12(16)14-5-4-10-3-1-2-6-17-10/h7-8,10,15H,1-6,13H2,(H,14,16). The highest BCUT2D eigenvalue weighted by Crippen LogP contribution is 2.14. The van der Waals surface area contributed by atoms with Gasteiger partial charge < -0.3 is 20.8 Å². The van der Waals surface area contributed by atoms with E-state index in [-0.39, 0.29) is 5.91 Å². The van der Waals surface area contributed by atoms with Crippen LogP contribution in [0.5, 0.6) is 0 Å². The van der Waals surface area contributed by atoms with Crippen LogP contribution in [0.4, 0.5) is 5.69 Å². The number of nitrogens with one attached hydrogen (secondary N) is 2. The second-order valence-corrected chi connectivity index (χ2v) is 4.38. The molecule has 1 atom stereocenters. The van der Waals surface area contributed by atoms with Crippen LogP contribution in [-0.4, -0.2) is 30.1 Å². The summed E-state index contributed by atoms with van der Waals surface area (Å²) in [6, 6.07) is 1.63. The molecule has 94 valence electrons. The molecule has 17 heavy (non-hydrogen) atoms. The van der Waals surface area contributed by atoms with Crippen molar-refractivity contribution in [3.63, 3.8) is 0 Å². The Balaban J connectivity index is 1.69. The van der Waals surface area contributed by atoms with Gasteiger partial charge in [-0.3, -0.25) is 4.79 Å². The van der Waals surface area contributed by atoms with Gasteiger partial charge in [-0.2, -0.15) is 0 Å². The van der Waals surface area contributed by atoms with E-state index in [1.165, 1.54) is 6.42 Å². The Hall–Kier alpha value is -1.49. The predicted molar refractivity (Wildman–Crippen MR) is 65.7 cm³/mol. The number of ether oxygens (including phenoxy) is 1. The van der Waals surface area contributed by atoms with Crippen molar-refractivity contribution in [3.05, 3.63) is 18.0 Å². The van der Waals surface area contributed by atoms with Crippen molar-refractivity contribution in [2.24, 2.45) is 0 Å². The molecule has 1 aromatic heterocycles. The summed E-state index contributed by atoms with van der Waals surface area (Å²) >= 11 is 0. The van der Waals surface area contributed by atoms with E-state index in [1.807, 2.05) is 0 Å². The van der Waals surface area contributed by atoms with E-state index in [0.717, 1.165) is 25.9 Å². The van der Waals surface area contributed by atoms with E-state index < -0.39 is 0 Å². The summed E-state index contributed by atoms with van der Waals surface area (Å²) in [5.41, 5.74) is 6.61. The van der Waals surface area contributed by atoms with Gasteiger partial charge in [0.15, 0.2) is 0 Å². The van der Waals surface area contributed by atoms with E-state index in [1.54, 1.807) is 12.3 Å². The summed E-state index contributed by atoms with van der Waals surface area (Å²) < 4.78 is 5.59. The van der Waals surface area contributed by atoms with Crippen molar-refractivity contribution >= 4 is 11.6 Å². The highest BCUT2D eigenvalue weighted by atomic mass is 16.5. The summed E-state index contributed by atoms with van der Waals surface area (Å²) in [5.74, 6) is -0.113. The molecule has 5 nitrogen and oxygen atoms in total. The first-order valence-corrected chi connectivity index (χ1v) is 6.09. The smallest absolute Gasteiger partial charge is 0.267 e. The van der Waals surface area contributed by atoms with E-state index in [4.69, 9.17) is 10.5 Å². The first kappa shape index (κ1) is 12.0. The van der Waals surface area contributed by atoms with Crippen molar-refractivity contribution in [2.75, 3.05) is 18.9 Å². The lowest BCUT2D eigenvalue weighted by Gasteiger charge is -2.22. The lowest BCUT2D eigenvalue weighted by Crippen LogP contribution is -2.29. The van der Waals surface area contributed by atoms with Gasteiger partial charge in [0.1, 0.15) is 5.69 Å². The Morgan fingerprint density at radius 3 is 3.12 bits per heavy atom. The second-order valence-electron chi connectivity index (χ2n) is 4.38. The molecule has 0 radical (unpaired) electrons. The number of aromatic amines is 1. The van der Waals surface area contributed by atoms with Crippen LogP contribution >= 0.6 is 0 Å². The highest BCUT2D eigenvalue weighted by Gasteiger charge is 2.14. The Morgan fingerprint density at radius 1 is 1.59 bits per heavy atom. The van der Waals surface area contributed by atoms with Gasteiger partial charge in [0.05, 0.1) is 6.10 Å². The minimum absolute atomic E-state index is 0.113. The topological polar surface area (TPSA) is 80.1 Å². The lowest BCUT2D eigenvalue weighted by atomic mass is 10.1. The molecule has 4 N–H and O–H groups in total. The average molecular weight is 237 g/mol. The average Bonchev–Trinajstić information content (AvgIpc) is 2.77. The zero-order chi connectivity index (χ0) is 12.1. The zero-order valence-electron chi connectivity index (χ0n) is 9.87. The maximum atomic E-state index is 11.7. The number of carbonyl (C=O) groups is 1. The minimum atomic E-state index is -0.113. The number of anilines is 1. The maximum absolute atomic E-state index is 11.7. The number of carbonyl (C=O) groups excluding carboxylic acids is 1. The SMILES string of the molecule is Nc1c[nH]c(C(=O)NCCC2CCCCO2)c1. The molecule has 0 bridgehead atoms. The number of aromatic nitrogens is 1. The molecular formula is C12H19N3O2. The van der Waals surface area contributed by atoms with Crippen molar-refractivity contribution in [3.8, 4) is 0 Å². The number of H-pyrrole nitrogens is 1. The minimum Gasteiger partial charge on any atom is -0.397 e. The van der Waals surface area contributed by atoms with Gasteiger partial charge in [-0.25, -0.2) is 0 Å². The summed E-state index contributed by atoms with van der Waals surface area (Å²) in [5, 5.41) is 2.85. The zero-order valence-corrected chi connectivity index (χ0v) is 9.87. The van der Waals surface area contributed by atoms with Crippen LogP contribution in [-0.2, 0) is 4.74 Å². The van der Waals surface area contributed by atoms with Crippen LogP contribution in [0.3, 0.4) is 0 Å². The number of hydrogen-bond donors (Lipinski definition) is 3. The summed E-state index contributed by atoms with van der Waals surface area (Å²) in [6.45, 7) is 1.49. The monoisotopic (exact) mass is 237 g/mol. The maximum Gasteiger partial charge on any atom is 0.267 e. The largest absolute Gasteiger partial charge is 0.397 e. The van der Waals surface area contributed by atoms with E-state index >= 15 is 0 Å². The number of hydrogen-bond acceptors (Lipinski definition) is 3. The van der Waals surface area contributed by atoms with Crippen LogP contribution in [0, 0.1) is 0 Å². The number of rotatable bonds is 4. The van der Waals surface area contributed by atoms with Crippen molar-refractivity contribution in [1.29, 1.82) is 0 Å². The third-order valence-electron chi connectivity index (χ3n) is 2.98. The molecule has 0 saturated carbocycles. The number of nitrogens with two attached hydrogens (primary N) is 1. The van der Waals surface area contributed by atoms with Gasteiger partial charge in [-0.1, -0.05) is 0 Å². The number of nitrogen functional groups attached to an aromatic ring is 1. The van der Waals surface area contributed by atoms with Gasteiger partial charge in [0.25, 0.3) is 5.91 Å². The lowest BCUT2D eigenvalue weighted by molar-refractivity contribution is 0.0117. The van der Waals surface area contributed by atoms with E-state index in [2.05, 4.69) is 10.3 Å². The fourth-order valence-corrected chi connectivity index (χ4v) is 2.02. The molecule has 1 saturated heterocycles. The van der Waals surface area contributed by atoms with Crippen molar-refractivity contribution < 1.29 is 9.53 Å². The fraction of sp³-hybridized carbons (Fsp3) is 0.583. The van der Waals surface area contributed by atoms with Crippen LogP contribution in [0.1, 0.15) is 36.2 Å². The van der Waals surface area contributed by atoms with Crippen LogP contribution in [0.2, 0.25) is 0 Å². The van der Waals surface area contributed by atoms with Gasteiger partial charge in [-0.05, 0) is 31.7 Å². The van der Waals surface area contributed by atoms with Gasteiger partial charge in [0.2, 0.25) is 0 Å². The second kappa shape index (κ2) is 5.72. The van der Waals surface area contributed by atoms with E-state index in [0.29, 0.717) is 24.0 Å². The molecule has 1 aliphatic heterocycles. The molecule has 1 fully saturated rings. The Labute approximate surface area is 101 Å². The molecular weight excluding hydrogens is 218 g/mol. The first-order chi connectivity index (χ1) is 8.25. The molecule has 2 heterocycles. The quantitative estimate of drug-likeness (QED) is 0.738. The van der Waals surface area contributed by atoms with Crippen molar-refractivity contribution in [2.45, 2.75) is 31.8 Å². The predicted octanol–water partition coefficient (Wildman–Crippen LogP) is 1.29.